The van der Waals surface area contributed by atoms with E-state index in [0.717, 1.165) is 10.6 Å². The van der Waals surface area contributed by atoms with E-state index in [0.29, 0.717) is 18.2 Å². The van der Waals surface area contributed by atoms with Crippen molar-refractivity contribution in [1.29, 1.82) is 0 Å². The molecule has 0 saturated carbocycles. The molecule has 0 bridgehead atoms. The number of halogens is 1. The number of hydrogen-bond donors (Lipinski definition) is 1. The minimum absolute atomic E-state index is 0.0576. The third-order valence-electron chi connectivity index (χ3n) is 2.57. The quantitative estimate of drug-likeness (QED) is 0.825. The molecule has 92 valence electrons. The average Bonchev–Trinajstić information content (AvgIpc) is 2.25. The highest BCUT2D eigenvalue weighted by atomic mass is 32.2. The van der Waals surface area contributed by atoms with Crippen LogP contribution in [0.3, 0.4) is 0 Å². The van der Waals surface area contributed by atoms with Gasteiger partial charge < -0.3 is 10.6 Å². The lowest BCUT2D eigenvalue weighted by Crippen LogP contribution is -2.38. The minimum Gasteiger partial charge on any atom is -0.396 e. The van der Waals surface area contributed by atoms with Crippen LogP contribution in [0.15, 0.2) is 17.0 Å². The zero-order chi connectivity index (χ0) is 12.6. The lowest BCUT2D eigenvalue weighted by Gasteiger charge is -2.30. The van der Waals surface area contributed by atoms with Crippen molar-refractivity contribution < 1.29 is 9.18 Å². The summed E-state index contributed by atoms with van der Waals surface area (Å²) in [7, 11) is 0. The number of anilines is 2. The Labute approximate surface area is 104 Å². The van der Waals surface area contributed by atoms with Gasteiger partial charge >= 0.3 is 0 Å². The normalized spacial score (nSPS) is 15.3. The van der Waals surface area contributed by atoms with Crippen molar-refractivity contribution >= 4 is 29.0 Å². The zero-order valence-electron chi connectivity index (χ0n) is 9.87. The minimum atomic E-state index is -0.421. The number of rotatable bonds is 2. The van der Waals surface area contributed by atoms with Gasteiger partial charge in [0.15, 0.2) is 0 Å². The Hall–Kier alpha value is -1.23. The summed E-state index contributed by atoms with van der Waals surface area (Å²) in [5.74, 6) is 0.363. The standard InChI is InChI=1S/C12H15FN2OS/c1-7(2)5-15-10-4-9(14)8(13)3-11(10)17-6-12(15)16/h3-4,7H,5-6,14H2,1-2H3. The molecule has 2 rings (SSSR count). The number of nitrogens with zero attached hydrogens (tertiary/aromatic N) is 1. The predicted octanol–water partition coefficient (Wildman–Crippen LogP) is 2.50. The Morgan fingerprint density at radius 1 is 1.53 bits per heavy atom. The fraction of sp³-hybridized carbons (Fsp3) is 0.417. The van der Waals surface area contributed by atoms with Gasteiger partial charge in [-0.05, 0) is 18.1 Å². The first-order chi connectivity index (χ1) is 7.99. The molecule has 2 N–H and O–H groups in total. The lowest BCUT2D eigenvalue weighted by molar-refractivity contribution is -0.116. The summed E-state index contributed by atoms with van der Waals surface area (Å²) in [6, 6.07) is 2.96. The van der Waals surface area contributed by atoms with E-state index in [1.807, 2.05) is 13.8 Å². The Balaban J connectivity index is 2.43. The van der Waals surface area contributed by atoms with Crippen LogP contribution in [-0.4, -0.2) is 18.2 Å². The summed E-state index contributed by atoms with van der Waals surface area (Å²) in [4.78, 5) is 14.3. The van der Waals surface area contributed by atoms with Crippen LogP contribution in [0, 0.1) is 11.7 Å². The summed E-state index contributed by atoms with van der Waals surface area (Å²) in [5, 5.41) is 0. The van der Waals surface area contributed by atoms with Gasteiger partial charge in [-0.3, -0.25) is 4.79 Å². The zero-order valence-corrected chi connectivity index (χ0v) is 10.7. The SMILES string of the molecule is CC(C)CN1C(=O)CSc2cc(F)c(N)cc21. The molecule has 0 unspecified atom stereocenters. The monoisotopic (exact) mass is 254 g/mol. The van der Waals surface area contributed by atoms with Gasteiger partial charge in [0.25, 0.3) is 0 Å². The van der Waals surface area contributed by atoms with Crippen LogP contribution in [0.2, 0.25) is 0 Å². The van der Waals surface area contributed by atoms with Crippen molar-refractivity contribution in [3.05, 3.63) is 17.9 Å². The van der Waals surface area contributed by atoms with E-state index in [9.17, 15) is 9.18 Å². The molecule has 0 radical (unpaired) electrons. The number of carbonyl (C=O) groups excluding carboxylic acids is 1. The highest BCUT2D eigenvalue weighted by Gasteiger charge is 2.26. The van der Waals surface area contributed by atoms with E-state index in [2.05, 4.69) is 0 Å². The Morgan fingerprint density at radius 2 is 2.24 bits per heavy atom. The van der Waals surface area contributed by atoms with Crippen LogP contribution in [0.5, 0.6) is 0 Å². The number of nitrogens with two attached hydrogens (primary N) is 1. The van der Waals surface area contributed by atoms with Crippen LogP contribution >= 0.6 is 11.8 Å². The number of carbonyl (C=O) groups is 1. The second kappa shape index (κ2) is 4.56. The maximum absolute atomic E-state index is 13.4. The molecule has 0 fully saturated rings. The summed E-state index contributed by atoms with van der Waals surface area (Å²) >= 11 is 1.36. The molecule has 1 aliphatic rings. The Kier molecular flexibility index (Phi) is 3.28. The third kappa shape index (κ3) is 2.39. The molecule has 0 saturated heterocycles. The van der Waals surface area contributed by atoms with E-state index < -0.39 is 5.82 Å². The first-order valence-electron chi connectivity index (χ1n) is 5.51. The Morgan fingerprint density at radius 3 is 2.88 bits per heavy atom. The number of thioether (sulfide) groups is 1. The molecule has 1 heterocycles. The number of hydrogen-bond acceptors (Lipinski definition) is 3. The molecule has 5 heteroatoms. The van der Waals surface area contributed by atoms with Gasteiger partial charge in [-0.15, -0.1) is 11.8 Å². The van der Waals surface area contributed by atoms with Gasteiger partial charge in [0.1, 0.15) is 5.82 Å². The average molecular weight is 254 g/mol. The molecular weight excluding hydrogens is 239 g/mol. The number of nitrogen functional groups attached to an aromatic ring is 1. The fourth-order valence-electron chi connectivity index (χ4n) is 1.80. The van der Waals surface area contributed by atoms with Crippen molar-refractivity contribution in [1.82, 2.24) is 0 Å². The van der Waals surface area contributed by atoms with E-state index in [-0.39, 0.29) is 11.6 Å². The highest BCUT2D eigenvalue weighted by Crippen LogP contribution is 2.38. The maximum Gasteiger partial charge on any atom is 0.237 e. The van der Waals surface area contributed by atoms with Crippen LogP contribution in [0.25, 0.3) is 0 Å². The van der Waals surface area contributed by atoms with Gasteiger partial charge in [-0.2, -0.15) is 0 Å². The van der Waals surface area contributed by atoms with Crippen molar-refractivity contribution in [3.8, 4) is 0 Å². The first kappa shape index (κ1) is 12.2. The van der Waals surface area contributed by atoms with Gasteiger partial charge in [0.05, 0.1) is 17.1 Å². The summed E-state index contributed by atoms with van der Waals surface area (Å²) in [6.07, 6.45) is 0. The number of fused-ring (bicyclic) bond motifs is 1. The van der Waals surface area contributed by atoms with Crippen molar-refractivity contribution in [2.75, 3.05) is 22.9 Å². The van der Waals surface area contributed by atoms with Crippen molar-refractivity contribution in [2.24, 2.45) is 5.92 Å². The molecule has 1 aromatic carbocycles. The molecular formula is C12H15FN2OS. The van der Waals surface area contributed by atoms with E-state index >= 15 is 0 Å². The highest BCUT2D eigenvalue weighted by molar-refractivity contribution is 8.00. The van der Waals surface area contributed by atoms with Gasteiger partial charge in [-0.25, -0.2) is 4.39 Å². The second-order valence-electron chi connectivity index (χ2n) is 4.53. The smallest absolute Gasteiger partial charge is 0.237 e. The molecule has 0 spiro atoms. The molecule has 3 nitrogen and oxygen atoms in total. The molecule has 0 atom stereocenters. The van der Waals surface area contributed by atoms with Gasteiger partial charge in [0.2, 0.25) is 5.91 Å². The van der Waals surface area contributed by atoms with Crippen LogP contribution in [-0.2, 0) is 4.79 Å². The molecule has 1 aromatic rings. The number of benzene rings is 1. The molecule has 0 aromatic heterocycles. The van der Waals surface area contributed by atoms with E-state index in [1.54, 1.807) is 11.0 Å². The fourth-order valence-corrected chi connectivity index (χ4v) is 2.74. The maximum atomic E-state index is 13.4. The molecule has 0 aliphatic carbocycles. The summed E-state index contributed by atoms with van der Waals surface area (Å²) in [5.41, 5.74) is 6.39. The summed E-state index contributed by atoms with van der Waals surface area (Å²) in [6.45, 7) is 4.72. The summed E-state index contributed by atoms with van der Waals surface area (Å²) < 4.78 is 13.4. The van der Waals surface area contributed by atoms with Gasteiger partial charge in [-0.1, -0.05) is 13.8 Å². The Bertz CT molecular complexity index is 462. The van der Waals surface area contributed by atoms with E-state index in [1.165, 1.54) is 17.8 Å². The molecule has 1 amide bonds. The van der Waals surface area contributed by atoms with Crippen LogP contribution in [0.4, 0.5) is 15.8 Å². The third-order valence-corrected chi connectivity index (χ3v) is 3.60. The largest absolute Gasteiger partial charge is 0.396 e. The van der Waals surface area contributed by atoms with Crippen LogP contribution in [0.1, 0.15) is 13.8 Å². The molecule has 1 aliphatic heterocycles. The second-order valence-corrected chi connectivity index (χ2v) is 5.55. The van der Waals surface area contributed by atoms with E-state index in [4.69, 9.17) is 5.73 Å². The van der Waals surface area contributed by atoms with Crippen LogP contribution < -0.4 is 10.6 Å². The predicted molar refractivity (Wildman–Crippen MR) is 68.7 cm³/mol. The first-order valence-corrected chi connectivity index (χ1v) is 6.49. The lowest BCUT2D eigenvalue weighted by atomic mass is 10.1. The topological polar surface area (TPSA) is 46.3 Å². The van der Waals surface area contributed by atoms with Crippen molar-refractivity contribution in [3.63, 3.8) is 0 Å². The van der Waals surface area contributed by atoms with Gasteiger partial charge in [0, 0.05) is 11.4 Å². The molecule has 17 heavy (non-hydrogen) atoms. The van der Waals surface area contributed by atoms with Crippen molar-refractivity contribution in [2.45, 2.75) is 18.7 Å². The number of amides is 1.